The standard InChI is InChI=1S/C25H26N2O4/c1-19-12-14-22(15-13-19)30-23(25(28)29)11-5-6-17-27-31-24(20-8-3-2-4-9-20)21-10-7-16-26-18-21/h2-4,7-10,12-18,23-24H,5-6,11H2,1H3,(H,28,29). The number of pyridine rings is 1. The number of ether oxygens (including phenoxy) is 1. The molecule has 0 bridgehead atoms. The number of oxime groups is 1. The largest absolute Gasteiger partial charge is 0.479 e. The lowest BCUT2D eigenvalue weighted by Crippen LogP contribution is -2.26. The maximum Gasteiger partial charge on any atom is 0.344 e. The van der Waals surface area contributed by atoms with Crippen LogP contribution in [0, 0.1) is 6.92 Å². The van der Waals surface area contributed by atoms with Crippen LogP contribution in [0.1, 0.15) is 42.1 Å². The zero-order chi connectivity index (χ0) is 21.9. The van der Waals surface area contributed by atoms with Crippen molar-refractivity contribution < 1.29 is 19.5 Å². The number of aromatic nitrogens is 1. The average Bonchev–Trinajstić information content (AvgIpc) is 2.80. The molecule has 160 valence electrons. The van der Waals surface area contributed by atoms with Crippen LogP contribution in [0.4, 0.5) is 0 Å². The van der Waals surface area contributed by atoms with Gasteiger partial charge in [0.1, 0.15) is 5.75 Å². The van der Waals surface area contributed by atoms with Crippen molar-refractivity contribution in [3.63, 3.8) is 0 Å². The lowest BCUT2D eigenvalue weighted by Gasteiger charge is -2.16. The second-order valence-electron chi connectivity index (χ2n) is 7.16. The van der Waals surface area contributed by atoms with E-state index >= 15 is 0 Å². The number of carbonyl (C=O) groups is 1. The first-order valence-electron chi connectivity index (χ1n) is 10.2. The van der Waals surface area contributed by atoms with Crippen molar-refractivity contribution in [1.82, 2.24) is 4.98 Å². The van der Waals surface area contributed by atoms with E-state index in [-0.39, 0.29) is 6.10 Å². The third kappa shape index (κ3) is 6.96. The van der Waals surface area contributed by atoms with Gasteiger partial charge < -0.3 is 14.7 Å². The van der Waals surface area contributed by atoms with Gasteiger partial charge in [0.05, 0.1) is 0 Å². The van der Waals surface area contributed by atoms with Gasteiger partial charge in [0.15, 0.2) is 12.2 Å². The lowest BCUT2D eigenvalue weighted by molar-refractivity contribution is -0.145. The highest BCUT2D eigenvalue weighted by atomic mass is 16.6. The highest BCUT2D eigenvalue weighted by molar-refractivity contribution is 5.72. The van der Waals surface area contributed by atoms with Crippen molar-refractivity contribution in [3.8, 4) is 5.75 Å². The molecular formula is C25H26N2O4. The number of aryl methyl sites for hydroxylation is 1. The van der Waals surface area contributed by atoms with Crippen LogP contribution in [-0.4, -0.2) is 28.4 Å². The summed E-state index contributed by atoms with van der Waals surface area (Å²) >= 11 is 0. The third-order valence-electron chi connectivity index (χ3n) is 4.70. The van der Waals surface area contributed by atoms with Gasteiger partial charge in [-0.3, -0.25) is 4.98 Å². The second kappa shape index (κ2) is 11.5. The van der Waals surface area contributed by atoms with E-state index in [1.54, 1.807) is 30.7 Å². The van der Waals surface area contributed by atoms with Crippen molar-refractivity contribution in [3.05, 3.63) is 95.8 Å². The van der Waals surface area contributed by atoms with E-state index < -0.39 is 12.1 Å². The Labute approximate surface area is 182 Å². The summed E-state index contributed by atoms with van der Waals surface area (Å²) in [6.45, 7) is 1.97. The molecule has 0 saturated carbocycles. The molecule has 2 aromatic carbocycles. The van der Waals surface area contributed by atoms with Gasteiger partial charge in [-0.1, -0.05) is 59.3 Å². The molecule has 2 unspecified atom stereocenters. The molecule has 3 rings (SSSR count). The Kier molecular flexibility index (Phi) is 8.17. The predicted octanol–water partition coefficient (Wildman–Crippen LogP) is 5.18. The quantitative estimate of drug-likeness (QED) is 0.263. The summed E-state index contributed by atoms with van der Waals surface area (Å²) in [5.41, 5.74) is 2.98. The summed E-state index contributed by atoms with van der Waals surface area (Å²) in [6, 6.07) is 21.0. The minimum Gasteiger partial charge on any atom is -0.479 e. The van der Waals surface area contributed by atoms with Gasteiger partial charge in [-0.2, -0.15) is 0 Å². The molecular weight excluding hydrogens is 392 g/mol. The molecule has 1 heterocycles. The van der Waals surface area contributed by atoms with Crippen molar-refractivity contribution in [1.29, 1.82) is 0 Å². The van der Waals surface area contributed by atoms with Gasteiger partial charge in [-0.15, -0.1) is 0 Å². The Morgan fingerprint density at radius 1 is 1.06 bits per heavy atom. The number of carboxylic acids is 1. The van der Waals surface area contributed by atoms with Crippen molar-refractivity contribution in [2.75, 3.05) is 0 Å². The number of carboxylic acid groups (broad SMARTS) is 1. The smallest absolute Gasteiger partial charge is 0.344 e. The maximum atomic E-state index is 11.5. The van der Waals surface area contributed by atoms with Crippen LogP contribution >= 0.6 is 0 Å². The summed E-state index contributed by atoms with van der Waals surface area (Å²) in [5.74, 6) is -0.424. The highest BCUT2D eigenvalue weighted by Gasteiger charge is 2.19. The predicted molar refractivity (Wildman–Crippen MR) is 119 cm³/mol. The van der Waals surface area contributed by atoms with Crippen LogP contribution < -0.4 is 4.74 Å². The zero-order valence-corrected chi connectivity index (χ0v) is 17.4. The number of hydrogen-bond acceptors (Lipinski definition) is 5. The third-order valence-corrected chi connectivity index (χ3v) is 4.70. The van der Waals surface area contributed by atoms with Gasteiger partial charge >= 0.3 is 5.97 Å². The minimum absolute atomic E-state index is 0.359. The second-order valence-corrected chi connectivity index (χ2v) is 7.16. The van der Waals surface area contributed by atoms with E-state index in [1.807, 2.05) is 61.5 Å². The van der Waals surface area contributed by atoms with E-state index in [1.165, 1.54) is 0 Å². The Balaban J connectivity index is 1.51. The SMILES string of the molecule is Cc1ccc(OC(CCCC=NOC(c2ccccc2)c2cccnc2)C(=O)O)cc1. The van der Waals surface area contributed by atoms with Gasteiger partial charge in [0.25, 0.3) is 0 Å². The first-order chi connectivity index (χ1) is 15.1. The molecule has 0 saturated heterocycles. The number of hydrogen-bond donors (Lipinski definition) is 1. The number of rotatable bonds is 11. The Bertz CT molecular complexity index is 920. The number of nitrogens with zero attached hydrogens (tertiary/aromatic N) is 2. The summed E-state index contributed by atoms with van der Waals surface area (Å²) in [7, 11) is 0. The van der Waals surface area contributed by atoms with Crippen molar-refractivity contribution in [2.24, 2.45) is 5.16 Å². The zero-order valence-electron chi connectivity index (χ0n) is 17.4. The maximum absolute atomic E-state index is 11.5. The van der Waals surface area contributed by atoms with Crippen LogP contribution in [0.2, 0.25) is 0 Å². The van der Waals surface area contributed by atoms with Gasteiger partial charge in [-0.05, 0) is 49.9 Å². The fraction of sp³-hybridized carbons (Fsp3) is 0.240. The molecule has 0 fully saturated rings. The summed E-state index contributed by atoms with van der Waals surface area (Å²) in [6.07, 6.45) is 5.44. The first kappa shape index (κ1) is 22.0. The van der Waals surface area contributed by atoms with Gasteiger partial charge in [-0.25, -0.2) is 4.79 Å². The summed E-state index contributed by atoms with van der Waals surface area (Å²) in [5, 5.41) is 13.5. The molecule has 6 nitrogen and oxygen atoms in total. The first-order valence-corrected chi connectivity index (χ1v) is 10.2. The molecule has 0 aliphatic carbocycles. The monoisotopic (exact) mass is 418 g/mol. The molecule has 0 radical (unpaired) electrons. The van der Waals surface area contributed by atoms with Crippen LogP contribution in [-0.2, 0) is 9.63 Å². The van der Waals surface area contributed by atoms with Crippen LogP contribution in [0.3, 0.4) is 0 Å². The van der Waals surface area contributed by atoms with Crippen molar-refractivity contribution in [2.45, 2.75) is 38.4 Å². The summed E-state index contributed by atoms with van der Waals surface area (Å²) < 4.78 is 5.61. The van der Waals surface area contributed by atoms with Crippen LogP contribution in [0.5, 0.6) is 5.75 Å². The Morgan fingerprint density at radius 3 is 2.48 bits per heavy atom. The van der Waals surface area contributed by atoms with E-state index in [4.69, 9.17) is 9.57 Å². The number of aliphatic carboxylic acids is 1. The lowest BCUT2D eigenvalue weighted by atomic mass is 10.0. The van der Waals surface area contributed by atoms with Crippen LogP contribution in [0.15, 0.2) is 84.3 Å². The van der Waals surface area contributed by atoms with Gasteiger partial charge in [0, 0.05) is 24.2 Å². The van der Waals surface area contributed by atoms with Crippen LogP contribution in [0.25, 0.3) is 0 Å². The fourth-order valence-electron chi connectivity index (χ4n) is 3.04. The van der Waals surface area contributed by atoms with E-state index in [0.717, 1.165) is 16.7 Å². The molecule has 0 aliphatic rings. The molecule has 1 N–H and O–H groups in total. The highest BCUT2D eigenvalue weighted by Crippen LogP contribution is 2.25. The molecule has 3 aromatic rings. The molecule has 0 amide bonds. The van der Waals surface area contributed by atoms with E-state index in [9.17, 15) is 9.90 Å². The Hall–Kier alpha value is -3.67. The summed E-state index contributed by atoms with van der Waals surface area (Å²) in [4.78, 5) is 21.4. The molecule has 1 aromatic heterocycles. The van der Waals surface area contributed by atoms with Gasteiger partial charge in [0.2, 0.25) is 0 Å². The molecule has 0 aliphatic heterocycles. The topological polar surface area (TPSA) is 81.0 Å². The average molecular weight is 418 g/mol. The minimum atomic E-state index is -0.977. The molecule has 0 spiro atoms. The molecule has 2 atom stereocenters. The van der Waals surface area contributed by atoms with Crippen molar-refractivity contribution >= 4 is 12.2 Å². The molecule has 31 heavy (non-hydrogen) atoms. The number of benzene rings is 2. The van der Waals surface area contributed by atoms with E-state index in [0.29, 0.717) is 25.0 Å². The number of unbranched alkanes of at least 4 members (excludes halogenated alkanes) is 1. The molecule has 6 heteroatoms. The van der Waals surface area contributed by atoms with E-state index in [2.05, 4.69) is 10.1 Å². The Morgan fingerprint density at radius 2 is 1.81 bits per heavy atom. The fourth-order valence-corrected chi connectivity index (χ4v) is 3.04. The normalized spacial score (nSPS) is 12.9.